The predicted molar refractivity (Wildman–Crippen MR) is 164 cm³/mol. The largest absolute Gasteiger partial charge is 0.509 e. The number of likely N-dealkylation sites (N-methyl/N-ethyl adjacent to an activating group) is 1. The predicted octanol–water partition coefficient (Wildman–Crippen LogP) is 5.61. The van der Waals surface area contributed by atoms with Crippen molar-refractivity contribution < 1.29 is 38.1 Å². The van der Waals surface area contributed by atoms with Crippen molar-refractivity contribution in [3.8, 4) is 5.75 Å². The number of amides is 3. The molecule has 1 aliphatic heterocycles. The van der Waals surface area contributed by atoms with E-state index in [2.05, 4.69) is 5.32 Å². The van der Waals surface area contributed by atoms with E-state index in [1.165, 1.54) is 4.90 Å². The van der Waals surface area contributed by atoms with E-state index in [1.54, 1.807) is 65.6 Å². The summed E-state index contributed by atoms with van der Waals surface area (Å²) in [6.07, 6.45) is -1.81. The number of nitrogens with zero attached hydrogens (tertiary/aromatic N) is 2. The number of carbonyl (C=O) groups excluding carboxylic acids is 4. The van der Waals surface area contributed by atoms with Crippen LogP contribution in [-0.2, 0) is 25.4 Å². The lowest BCUT2D eigenvalue weighted by atomic mass is 10.1. The number of para-hydroxylation sites is 1. The Morgan fingerprint density at radius 1 is 0.930 bits per heavy atom. The molecule has 2 aromatic carbocycles. The lowest BCUT2D eigenvalue weighted by molar-refractivity contribution is -0.118. The van der Waals surface area contributed by atoms with Gasteiger partial charge in [0.1, 0.15) is 23.6 Å². The number of carbonyl (C=O) groups is 4. The van der Waals surface area contributed by atoms with Gasteiger partial charge in [-0.15, -0.1) is 0 Å². The van der Waals surface area contributed by atoms with Crippen LogP contribution in [0.2, 0.25) is 0 Å². The minimum Gasteiger partial charge on any atom is -0.490 e. The molecule has 12 heteroatoms. The third-order valence-electron chi connectivity index (χ3n) is 5.94. The van der Waals surface area contributed by atoms with Crippen LogP contribution in [0.15, 0.2) is 54.6 Å². The molecule has 3 amide bonds. The summed E-state index contributed by atoms with van der Waals surface area (Å²) in [4.78, 5) is 52.7. The highest BCUT2D eigenvalue weighted by molar-refractivity contribution is 8.15. The molecule has 0 saturated carbocycles. The Morgan fingerprint density at radius 2 is 1.56 bits per heavy atom. The molecule has 2 unspecified atom stereocenters. The smallest absolute Gasteiger partial charge is 0.490 e. The van der Waals surface area contributed by atoms with Crippen molar-refractivity contribution in [2.75, 3.05) is 31.6 Å². The van der Waals surface area contributed by atoms with Crippen LogP contribution in [0.3, 0.4) is 0 Å². The maximum atomic E-state index is 13.3. The Bertz CT molecular complexity index is 1260. The first-order chi connectivity index (χ1) is 20.1. The minimum atomic E-state index is -0.867. The zero-order chi connectivity index (χ0) is 31.8. The Morgan fingerprint density at radius 3 is 2.12 bits per heavy atom. The van der Waals surface area contributed by atoms with Gasteiger partial charge in [-0.25, -0.2) is 9.59 Å². The zero-order valence-corrected chi connectivity index (χ0v) is 26.6. The molecule has 0 spiro atoms. The fourth-order valence-electron chi connectivity index (χ4n) is 3.97. The molecule has 234 valence electrons. The van der Waals surface area contributed by atoms with Gasteiger partial charge >= 0.3 is 12.2 Å². The standard InChI is InChI=1S/C31H41N3O8S/c1-30(2,3)41-28(37)34(18-17-21-13-15-22(16-14-21)33(7)26-25(35)32-27(36)43-26)19-24(40-29(38)42-31(4,5)6)20-39-23-11-9-8-10-12-23/h8-16,24,26H,17-20H2,1-7H3,(H,32,35,36). The Hall–Kier alpha value is -3.93. The number of imide groups is 1. The van der Waals surface area contributed by atoms with E-state index >= 15 is 0 Å². The molecule has 2 atom stereocenters. The summed E-state index contributed by atoms with van der Waals surface area (Å²) >= 11 is 0.931. The van der Waals surface area contributed by atoms with Crippen LogP contribution in [0.25, 0.3) is 0 Å². The topological polar surface area (TPSA) is 124 Å². The molecule has 3 rings (SSSR count). The fraction of sp³-hybridized carbons (Fsp3) is 0.484. The molecule has 1 heterocycles. The third kappa shape index (κ3) is 11.3. The van der Waals surface area contributed by atoms with E-state index in [-0.39, 0.29) is 30.8 Å². The number of anilines is 1. The molecule has 0 aromatic heterocycles. The van der Waals surface area contributed by atoms with Crippen LogP contribution in [-0.4, -0.2) is 77.7 Å². The molecular weight excluding hydrogens is 574 g/mol. The number of benzene rings is 2. The molecule has 2 aromatic rings. The highest BCUT2D eigenvalue weighted by Crippen LogP contribution is 2.27. The Labute approximate surface area is 257 Å². The monoisotopic (exact) mass is 615 g/mol. The van der Waals surface area contributed by atoms with E-state index in [0.717, 1.165) is 23.0 Å². The van der Waals surface area contributed by atoms with Crippen molar-refractivity contribution in [2.45, 2.75) is 70.6 Å². The first-order valence-electron chi connectivity index (χ1n) is 14.0. The molecule has 1 aliphatic rings. The van der Waals surface area contributed by atoms with Gasteiger partial charge in [-0.2, -0.15) is 0 Å². The molecule has 1 saturated heterocycles. The summed E-state index contributed by atoms with van der Waals surface area (Å²) in [5.41, 5.74) is 0.188. The number of nitrogens with one attached hydrogen (secondary N) is 1. The highest BCUT2D eigenvalue weighted by atomic mass is 32.2. The summed E-state index contributed by atoms with van der Waals surface area (Å²) in [6.45, 7) is 10.8. The quantitative estimate of drug-likeness (QED) is 0.319. The number of hydrogen-bond donors (Lipinski definition) is 1. The average molecular weight is 616 g/mol. The van der Waals surface area contributed by atoms with Gasteiger partial charge in [0.05, 0.1) is 6.54 Å². The summed E-state index contributed by atoms with van der Waals surface area (Å²) in [5.74, 6) is 0.237. The maximum Gasteiger partial charge on any atom is 0.509 e. The second-order valence-corrected chi connectivity index (χ2v) is 13.1. The number of hydrogen-bond acceptors (Lipinski definition) is 10. The molecule has 11 nitrogen and oxygen atoms in total. The molecule has 43 heavy (non-hydrogen) atoms. The minimum absolute atomic E-state index is 0.00382. The van der Waals surface area contributed by atoms with Crippen LogP contribution in [0.4, 0.5) is 20.1 Å². The average Bonchev–Trinajstić information content (AvgIpc) is 3.25. The first-order valence-corrected chi connectivity index (χ1v) is 14.9. The van der Waals surface area contributed by atoms with Crippen LogP contribution in [0.5, 0.6) is 5.75 Å². The first kappa shape index (κ1) is 33.6. The van der Waals surface area contributed by atoms with Crippen LogP contribution >= 0.6 is 11.8 Å². The van der Waals surface area contributed by atoms with Crippen LogP contribution < -0.4 is 15.0 Å². The number of ether oxygens (including phenoxy) is 4. The number of rotatable bonds is 11. The van der Waals surface area contributed by atoms with Gasteiger partial charge in [-0.3, -0.25) is 14.9 Å². The van der Waals surface area contributed by atoms with Crippen LogP contribution in [0, 0.1) is 0 Å². The van der Waals surface area contributed by atoms with E-state index in [1.807, 2.05) is 42.5 Å². The van der Waals surface area contributed by atoms with E-state index < -0.39 is 34.9 Å². The molecule has 0 bridgehead atoms. The second kappa shape index (κ2) is 14.5. The van der Waals surface area contributed by atoms with Crippen molar-refractivity contribution in [1.29, 1.82) is 0 Å². The normalized spacial score (nSPS) is 15.7. The molecular formula is C31H41N3O8S. The van der Waals surface area contributed by atoms with Gasteiger partial charge < -0.3 is 28.7 Å². The SMILES string of the molecule is CN(c1ccc(CCN(CC(COc2ccccc2)OC(=O)OC(C)(C)C)C(=O)OC(C)(C)C)cc1)C1SC(=O)NC1=O. The third-order valence-corrected chi connectivity index (χ3v) is 7.01. The maximum absolute atomic E-state index is 13.3. The lowest BCUT2D eigenvalue weighted by Gasteiger charge is -2.30. The van der Waals surface area contributed by atoms with E-state index in [4.69, 9.17) is 18.9 Å². The van der Waals surface area contributed by atoms with Crippen molar-refractivity contribution in [3.63, 3.8) is 0 Å². The van der Waals surface area contributed by atoms with Gasteiger partial charge in [0, 0.05) is 19.3 Å². The summed E-state index contributed by atoms with van der Waals surface area (Å²) in [7, 11) is 1.75. The van der Waals surface area contributed by atoms with Crippen molar-refractivity contribution in [3.05, 3.63) is 60.2 Å². The molecule has 0 radical (unpaired) electrons. The lowest BCUT2D eigenvalue weighted by Crippen LogP contribution is -2.45. The van der Waals surface area contributed by atoms with Gasteiger partial charge in [-0.1, -0.05) is 30.3 Å². The summed E-state index contributed by atoms with van der Waals surface area (Å²) in [6, 6.07) is 16.6. The van der Waals surface area contributed by atoms with Gasteiger partial charge in [0.25, 0.3) is 11.1 Å². The molecule has 1 N–H and O–H groups in total. The Kier molecular flexibility index (Phi) is 11.3. The van der Waals surface area contributed by atoms with Crippen molar-refractivity contribution in [1.82, 2.24) is 10.2 Å². The highest BCUT2D eigenvalue weighted by Gasteiger charge is 2.35. The summed E-state index contributed by atoms with van der Waals surface area (Å²) < 4.78 is 22.5. The van der Waals surface area contributed by atoms with Gasteiger partial charge in [0.15, 0.2) is 11.5 Å². The molecule has 1 fully saturated rings. The van der Waals surface area contributed by atoms with Crippen molar-refractivity contribution in [2.24, 2.45) is 0 Å². The molecule has 0 aliphatic carbocycles. The van der Waals surface area contributed by atoms with E-state index in [0.29, 0.717) is 12.2 Å². The fourth-order valence-corrected chi connectivity index (χ4v) is 4.78. The number of thioether (sulfide) groups is 1. The second-order valence-electron chi connectivity index (χ2n) is 12.0. The van der Waals surface area contributed by atoms with Crippen LogP contribution in [0.1, 0.15) is 47.1 Å². The Balaban J connectivity index is 1.73. The van der Waals surface area contributed by atoms with Gasteiger partial charge in [-0.05, 0) is 89.6 Å². The van der Waals surface area contributed by atoms with E-state index in [9.17, 15) is 19.2 Å². The van der Waals surface area contributed by atoms with Gasteiger partial charge in [0.2, 0.25) is 0 Å². The summed E-state index contributed by atoms with van der Waals surface area (Å²) in [5, 5.41) is 1.28. The van der Waals surface area contributed by atoms with Crippen molar-refractivity contribution >= 4 is 40.8 Å². The zero-order valence-electron chi connectivity index (χ0n) is 25.7.